The number of nitrogen functional groups attached to an aromatic ring is 1. The second kappa shape index (κ2) is 3.57. The van der Waals surface area contributed by atoms with E-state index in [0.717, 1.165) is 18.5 Å². The summed E-state index contributed by atoms with van der Waals surface area (Å²) in [5.74, 6) is 0. The molecule has 1 heterocycles. The predicted octanol–water partition coefficient (Wildman–Crippen LogP) is 1.09. The van der Waals surface area contributed by atoms with Crippen LogP contribution >= 0.6 is 0 Å². The van der Waals surface area contributed by atoms with Gasteiger partial charge in [0.25, 0.3) is 5.56 Å². The van der Waals surface area contributed by atoms with Gasteiger partial charge in [-0.15, -0.1) is 0 Å². The van der Waals surface area contributed by atoms with E-state index in [1.165, 1.54) is 0 Å². The van der Waals surface area contributed by atoms with E-state index in [2.05, 4.69) is 22.5 Å². The Kier molecular flexibility index (Phi) is 2.26. The van der Waals surface area contributed by atoms with Crippen LogP contribution in [0.25, 0.3) is 0 Å². The molecular formula is C10H13N3O. The number of hydrogen-bond donors (Lipinski definition) is 3. The average molecular weight is 191 g/mol. The van der Waals surface area contributed by atoms with Crippen LogP contribution in [0.5, 0.6) is 0 Å². The summed E-state index contributed by atoms with van der Waals surface area (Å²) in [5, 5.41) is 3.24. The van der Waals surface area contributed by atoms with Crippen LogP contribution < -0.4 is 16.6 Å². The van der Waals surface area contributed by atoms with E-state index in [0.29, 0.717) is 6.04 Å². The molecule has 14 heavy (non-hydrogen) atoms. The summed E-state index contributed by atoms with van der Waals surface area (Å²) < 4.78 is 0. The molecule has 1 aromatic rings. The Bertz CT molecular complexity index is 400. The van der Waals surface area contributed by atoms with Crippen LogP contribution in [0.3, 0.4) is 0 Å². The first-order chi connectivity index (χ1) is 6.77. The van der Waals surface area contributed by atoms with Crippen molar-refractivity contribution in [3.63, 3.8) is 0 Å². The first kappa shape index (κ1) is 8.87. The molecule has 0 fully saturated rings. The van der Waals surface area contributed by atoms with Gasteiger partial charge in [-0.25, -0.2) is 0 Å². The second-order valence-electron chi connectivity index (χ2n) is 3.42. The van der Waals surface area contributed by atoms with E-state index in [4.69, 9.17) is 5.73 Å². The van der Waals surface area contributed by atoms with Crippen LogP contribution in [0.15, 0.2) is 29.2 Å². The van der Waals surface area contributed by atoms with Gasteiger partial charge in [0.1, 0.15) is 5.69 Å². The normalized spacial score (nSPS) is 16.0. The minimum atomic E-state index is -0.235. The molecule has 0 amide bonds. The van der Waals surface area contributed by atoms with Gasteiger partial charge < -0.3 is 16.0 Å². The summed E-state index contributed by atoms with van der Waals surface area (Å²) in [5.41, 5.74) is 6.39. The number of anilines is 2. The molecule has 0 saturated heterocycles. The van der Waals surface area contributed by atoms with Gasteiger partial charge in [0.15, 0.2) is 0 Å². The molecule has 1 aromatic heterocycles. The number of hydrogen-bond acceptors (Lipinski definition) is 3. The molecule has 0 atom stereocenters. The fourth-order valence-corrected chi connectivity index (χ4v) is 1.57. The van der Waals surface area contributed by atoms with Gasteiger partial charge in [-0.05, 0) is 18.9 Å². The predicted molar refractivity (Wildman–Crippen MR) is 57.3 cm³/mol. The molecule has 0 unspecified atom stereocenters. The summed E-state index contributed by atoms with van der Waals surface area (Å²) in [6.07, 6.45) is 7.84. The van der Waals surface area contributed by atoms with E-state index in [1.54, 1.807) is 12.3 Å². The molecule has 1 aliphatic carbocycles. The maximum atomic E-state index is 11.2. The maximum absolute atomic E-state index is 11.2. The topological polar surface area (TPSA) is 70.9 Å². The van der Waals surface area contributed by atoms with Gasteiger partial charge in [0.05, 0.1) is 5.69 Å². The first-order valence-electron chi connectivity index (χ1n) is 4.66. The minimum Gasteiger partial charge on any atom is -0.393 e. The van der Waals surface area contributed by atoms with Crippen molar-refractivity contribution in [3.05, 3.63) is 34.8 Å². The Morgan fingerprint density at radius 3 is 2.86 bits per heavy atom. The highest BCUT2D eigenvalue weighted by atomic mass is 16.1. The van der Waals surface area contributed by atoms with Crippen molar-refractivity contribution in [3.8, 4) is 0 Å². The van der Waals surface area contributed by atoms with Crippen LogP contribution in [0.2, 0.25) is 0 Å². The molecule has 74 valence electrons. The van der Waals surface area contributed by atoms with E-state index >= 15 is 0 Å². The van der Waals surface area contributed by atoms with Gasteiger partial charge in [0, 0.05) is 12.2 Å². The van der Waals surface area contributed by atoms with Crippen LogP contribution in [0.1, 0.15) is 12.8 Å². The lowest BCUT2D eigenvalue weighted by Crippen LogP contribution is -2.20. The summed E-state index contributed by atoms with van der Waals surface area (Å²) in [6, 6.07) is 2.16. The van der Waals surface area contributed by atoms with Crippen molar-refractivity contribution in [2.75, 3.05) is 11.1 Å². The van der Waals surface area contributed by atoms with Crippen LogP contribution in [-0.4, -0.2) is 11.0 Å². The second-order valence-corrected chi connectivity index (χ2v) is 3.42. The lowest BCUT2D eigenvalue weighted by Gasteiger charge is -2.14. The van der Waals surface area contributed by atoms with Gasteiger partial charge in [-0.1, -0.05) is 12.2 Å². The van der Waals surface area contributed by atoms with Crippen LogP contribution in [0, 0.1) is 0 Å². The third-order valence-electron chi connectivity index (χ3n) is 2.37. The summed E-state index contributed by atoms with van der Waals surface area (Å²) in [7, 11) is 0. The Hall–Kier alpha value is -1.71. The zero-order valence-electron chi connectivity index (χ0n) is 7.79. The van der Waals surface area contributed by atoms with Crippen molar-refractivity contribution in [2.45, 2.75) is 18.9 Å². The Morgan fingerprint density at radius 1 is 1.43 bits per heavy atom. The smallest absolute Gasteiger partial charge is 0.273 e. The standard InChI is InChI=1S/C10H13N3O/c11-9-8(5-6-12-10(9)14)13-7-3-1-2-4-7/h1-2,5-7H,3-4,11H2,(H2,12,13,14). The molecular weight excluding hydrogens is 178 g/mol. The molecule has 4 nitrogen and oxygen atoms in total. The van der Waals surface area contributed by atoms with Gasteiger partial charge >= 0.3 is 0 Å². The number of aromatic amines is 1. The highest BCUT2D eigenvalue weighted by Crippen LogP contribution is 2.18. The molecule has 4 heteroatoms. The molecule has 0 spiro atoms. The maximum Gasteiger partial charge on any atom is 0.273 e. The SMILES string of the molecule is Nc1c(NC2CC=CC2)cc[nH]c1=O. The van der Waals surface area contributed by atoms with Crippen molar-refractivity contribution in [1.82, 2.24) is 4.98 Å². The highest BCUT2D eigenvalue weighted by Gasteiger charge is 2.11. The average Bonchev–Trinajstić information content (AvgIpc) is 2.66. The van der Waals surface area contributed by atoms with Crippen molar-refractivity contribution < 1.29 is 0 Å². The first-order valence-corrected chi connectivity index (χ1v) is 4.66. The van der Waals surface area contributed by atoms with E-state index in [9.17, 15) is 4.79 Å². The quantitative estimate of drug-likeness (QED) is 0.613. The Labute approximate surface area is 81.8 Å². The van der Waals surface area contributed by atoms with Crippen LogP contribution in [-0.2, 0) is 0 Å². The van der Waals surface area contributed by atoms with Gasteiger partial charge in [-0.2, -0.15) is 0 Å². The molecule has 1 aliphatic rings. The highest BCUT2D eigenvalue weighted by molar-refractivity contribution is 5.64. The summed E-state index contributed by atoms with van der Waals surface area (Å²) >= 11 is 0. The minimum absolute atomic E-state index is 0.235. The number of H-pyrrole nitrogens is 1. The number of nitrogens with one attached hydrogen (secondary N) is 2. The fraction of sp³-hybridized carbons (Fsp3) is 0.300. The third-order valence-corrected chi connectivity index (χ3v) is 2.37. The lowest BCUT2D eigenvalue weighted by molar-refractivity contribution is 0.787. The molecule has 2 rings (SSSR count). The number of nitrogens with two attached hydrogens (primary N) is 1. The number of aromatic nitrogens is 1. The molecule has 0 aromatic carbocycles. The number of rotatable bonds is 2. The zero-order valence-corrected chi connectivity index (χ0v) is 7.79. The van der Waals surface area contributed by atoms with E-state index < -0.39 is 0 Å². The molecule has 0 saturated carbocycles. The molecule has 0 aliphatic heterocycles. The zero-order chi connectivity index (χ0) is 9.97. The lowest BCUT2D eigenvalue weighted by atomic mass is 10.2. The monoisotopic (exact) mass is 191 g/mol. The Morgan fingerprint density at radius 2 is 2.14 bits per heavy atom. The largest absolute Gasteiger partial charge is 0.393 e. The van der Waals surface area contributed by atoms with Gasteiger partial charge in [-0.3, -0.25) is 4.79 Å². The molecule has 4 N–H and O–H groups in total. The third kappa shape index (κ3) is 1.64. The summed E-state index contributed by atoms with van der Waals surface area (Å²) in [4.78, 5) is 13.7. The van der Waals surface area contributed by atoms with Gasteiger partial charge in [0.2, 0.25) is 0 Å². The molecule has 0 radical (unpaired) electrons. The van der Waals surface area contributed by atoms with E-state index in [-0.39, 0.29) is 11.2 Å². The molecule has 0 bridgehead atoms. The number of pyridine rings is 1. The summed E-state index contributed by atoms with van der Waals surface area (Å²) in [6.45, 7) is 0. The van der Waals surface area contributed by atoms with Crippen LogP contribution in [0.4, 0.5) is 11.4 Å². The Balaban J connectivity index is 2.16. The van der Waals surface area contributed by atoms with Crippen molar-refractivity contribution >= 4 is 11.4 Å². The van der Waals surface area contributed by atoms with Crippen molar-refractivity contribution in [1.29, 1.82) is 0 Å². The van der Waals surface area contributed by atoms with Crippen molar-refractivity contribution in [2.24, 2.45) is 0 Å². The fourth-order valence-electron chi connectivity index (χ4n) is 1.57. The van der Waals surface area contributed by atoms with E-state index in [1.807, 2.05) is 0 Å².